The molecule has 1 aromatic rings. The van der Waals surface area contributed by atoms with Crippen LogP contribution in [-0.2, 0) is 4.79 Å². The fraction of sp³-hybridized carbons (Fsp3) is 0.611. The summed E-state index contributed by atoms with van der Waals surface area (Å²) in [6, 6.07) is 7.58. The first-order valence-electron chi connectivity index (χ1n) is 8.15. The lowest BCUT2D eigenvalue weighted by Crippen LogP contribution is -2.45. The number of carbonyl (C=O) groups excluding carboxylic acids is 1. The highest BCUT2D eigenvalue weighted by Gasteiger charge is 2.36. The van der Waals surface area contributed by atoms with Crippen molar-refractivity contribution >= 4 is 11.6 Å². The van der Waals surface area contributed by atoms with E-state index >= 15 is 0 Å². The molecule has 0 unspecified atom stereocenters. The molecule has 1 aromatic carbocycles. The SMILES string of the molecule is Cc1ccccc1NC(=O)[C@H](C)N(C)CC1(CO)CCCC1. The van der Waals surface area contributed by atoms with Gasteiger partial charge in [0.15, 0.2) is 0 Å². The standard InChI is InChI=1S/C18H28N2O2/c1-14-8-4-5-9-16(14)19-17(22)15(2)20(3)12-18(13-21)10-6-7-11-18/h4-5,8-9,15,21H,6-7,10-13H2,1-3H3,(H,19,22)/t15-/m0/s1. The predicted octanol–water partition coefficient (Wildman–Crippen LogP) is 2.81. The van der Waals surface area contributed by atoms with Crippen molar-refractivity contribution in [3.05, 3.63) is 29.8 Å². The lowest BCUT2D eigenvalue weighted by molar-refractivity contribution is -0.121. The molecule has 22 heavy (non-hydrogen) atoms. The van der Waals surface area contributed by atoms with E-state index in [2.05, 4.69) is 10.2 Å². The van der Waals surface area contributed by atoms with Crippen LogP contribution in [0.1, 0.15) is 38.2 Å². The van der Waals surface area contributed by atoms with E-state index in [1.165, 1.54) is 12.8 Å². The fourth-order valence-electron chi connectivity index (χ4n) is 3.31. The molecule has 4 nitrogen and oxygen atoms in total. The summed E-state index contributed by atoms with van der Waals surface area (Å²) in [5.41, 5.74) is 1.91. The maximum atomic E-state index is 12.5. The number of rotatable bonds is 6. The zero-order chi connectivity index (χ0) is 16.2. The lowest BCUT2D eigenvalue weighted by Gasteiger charge is -2.34. The highest BCUT2D eigenvalue weighted by atomic mass is 16.3. The largest absolute Gasteiger partial charge is 0.396 e. The number of hydrogen-bond acceptors (Lipinski definition) is 3. The Kier molecular flexibility index (Phi) is 5.59. The molecule has 0 radical (unpaired) electrons. The summed E-state index contributed by atoms with van der Waals surface area (Å²) < 4.78 is 0. The van der Waals surface area contributed by atoms with E-state index in [0.717, 1.165) is 30.6 Å². The van der Waals surface area contributed by atoms with Gasteiger partial charge in [-0.05, 0) is 45.4 Å². The van der Waals surface area contributed by atoms with Crippen molar-refractivity contribution in [1.29, 1.82) is 0 Å². The quantitative estimate of drug-likeness (QED) is 0.849. The van der Waals surface area contributed by atoms with Gasteiger partial charge in [0.2, 0.25) is 5.91 Å². The second-order valence-electron chi connectivity index (χ2n) is 6.76. The van der Waals surface area contributed by atoms with Crippen molar-refractivity contribution in [2.75, 3.05) is 25.5 Å². The summed E-state index contributed by atoms with van der Waals surface area (Å²) in [7, 11) is 1.97. The molecule has 1 aliphatic rings. The molecule has 1 amide bonds. The van der Waals surface area contributed by atoms with Crippen molar-refractivity contribution in [2.45, 2.75) is 45.6 Å². The molecular weight excluding hydrogens is 276 g/mol. The van der Waals surface area contributed by atoms with E-state index in [0.29, 0.717) is 0 Å². The smallest absolute Gasteiger partial charge is 0.241 e. The molecule has 0 aliphatic heterocycles. The van der Waals surface area contributed by atoms with Gasteiger partial charge in [0.05, 0.1) is 6.04 Å². The van der Waals surface area contributed by atoms with Crippen LogP contribution in [0.5, 0.6) is 0 Å². The number of likely N-dealkylation sites (N-methyl/N-ethyl adjacent to an activating group) is 1. The number of amides is 1. The average Bonchev–Trinajstić information content (AvgIpc) is 2.97. The third-order valence-corrected chi connectivity index (χ3v) is 5.03. The summed E-state index contributed by atoms with van der Waals surface area (Å²) in [6.45, 7) is 4.90. The van der Waals surface area contributed by atoms with Gasteiger partial charge in [0.1, 0.15) is 0 Å². The Labute approximate surface area is 133 Å². The molecule has 1 aliphatic carbocycles. The number of aryl methyl sites for hydroxylation is 1. The number of aliphatic hydroxyl groups is 1. The fourth-order valence-corrected chi connectivity index (χ4v) is 3.31. The summed E-state index contributed by atoms with van der Waals surface area (Å²) in [4.78, 5) is 14.5. The summed E-state index contributed by atoms with van der Waals surface area (Å²) in [5, 5.41) is 12.7. The van der Waals surface area contributed by atoms with Crippen LogP contribution in [0.15, 0.2) is 24.3 Å². The molecule has 2 rings (SSSR count). The number of para-hydroxylation sites is 1. The zero-order valence-corrected chi connectivity index (χ0v) is 13.9. The van der Waals surface area contributed by atoms with Gasteiger partial charge in [-0.15, -0.1) is 0 Å². The molecule has 1 saturated carbocycles. The molecule has 1 atom stereocenters. The number of carbonyl (C=O) groups is 1. The molecule has 122 valence electrons. The van der Waals surface area contributed by atoms with Crippen molar-refractivity contribution in [3.8, 4) is 0 Å². The Bertz CT molecular complexity index is 510. The van der Waals surface area contributed by atoms with Gasteiger partial charge in [-0.1, -0.05) is 31.0 Å². The minimum Gasteiger partial charge on any atom is -0.396 e. The van der Waals surface area contributed by atoms with Crippen molar-refractivity contribution < 1.29 is 9.90 Å². The molecular formula is C18H28N2O2. The third-order valence-electron chi connectivity index (χ3n) is 5.03. The van der Waals surface area contributed by atoms with E-state index in [9.17, 15) is 9.90 Å². The number of benzene rings is 1. The Morgan fingerprint density at radius 1 is 1.36 bits per heavy atom. The second-order valence-corrected chi connectivity index (χ2v) is 6.76. The van der Waals surface area contributed by atoms with E-state index in [1.54, 1.807) is 0 Å². The van der Waals surface area contributed by atoms with Crippen molar-refractivity contribution in [2.24, 2.45) is 5.41 Å². The van der Waals surface area contributed by atoms with Gasteiger partial charge < -0.3 is 10.4 Å². The van der Waals surface area contributed by atoms with E-state index in [-0.39, 0.29) is 24.0 Å². The van der Waals surface area contributed by atoms with Crippen LogP contribution in [0.3, 0.4) is 0 Å². The molecule has 0 heterocycles. The van der Waals surface area contributed by atoms with Gasteiger partial charge in [0.25, 0.3) is 0 Å². The Hall–Kier alpha value is -1.39. The van der Waals surface area contributed by atoms with Crippen molar-refractivity contribution in [3.63, 3.8) is 0 Å². The van der Waals surface area contributed by atoms with Gasteiger partial charge >= 0.3 is 0 Å². The Balaban J connectivity index is 1.96. The average molecular weight is 304 g/mol. The third kappa shape index (κ3) is 3.87. The summed E-state index contributed by atoms with van der Waals surface area (Å²) >= 11 is 0. The first-order chi connectivity index (χ1) is 10.5. The van der Waals surface area contributed by atoms with Gasteiger partial charge in [-0.25, -0.2) is 0 Å². The maximum absolute atomic E-state index is 12.5. The molecule has 2 N–H and O–H groups in total. The number of hydrogen-bond donors (Lipinski definition) is 2. The van der Waals surface area contributed by atoms with Gasteiger partial charge in [0, 0.05) is 24.3 Å². The topological polar surface area (TPSA) is 52.6 Å². The highest BCUT2D eigenvalue weighted by molar-refractivity contribution is 5.95. The van der Waals surface area contributed by atoms with Crippen LogP contribution < -0.4 is 5.32 Å². The summed E-state index contributed by atoms with van der Waals surface area (Å²) in [6.07, 6.45) is 4.47. The van der Waals surface area contributed by atoms with Gasteiger partial charge in [-0.3, -0.25) is 9.69 Å². The maximum Gasteiger partial charge on any atom is 0.241 e. The van der Waals surface area contributed by atoms with Crippen LogP contribution in [0, 0.1) is 12.3 Å². The number of aliphatic hydroxyl groups excluding tert-OH is 1. The van der Waals surface area contributed by atoms with Crippen LogP contribution in [0.25, 0.3) is 0 Å². The number of nitrogens with one attached hydrogen (secondary N) is 1. The summed E-state index contributed by atoms with van der Waals surface area (Å²) in [5.74, 6) is 0.00267. The molecule has 4 heteroatoms. The highest BCUT2D eigenvalue weighted by Crippen LogP contribution is 2.38. The number of anilines is 1. The molecule has 0 aromatic heterocycles. The van der Waals surface area contributed by atoms with E-state index in [4.69, 9.17) is 0 Å². The first kappa shape index (κ1) is 17.0. The number of nitrogens with zero attached hydrogens (tertiary/aromatic N) is 1. The van der Waals surface area contributed by atoms with Crippen LogP contribution in [0.2, 0.25) is 0 Å². The van der Waals surface area contributed by atoms with E-state index in [1.807, 2.05) is 45.2 Å². The molecule has 0 bridgehead atoms. The van der Waals surface area contributed by atoms with Crippen LogP contribution in [0.4, 0.5) is 5.69 Å². The second kappa shape index (κ2) is 7.25. The first-order valence-corrected chi connectivity index (χ1v) is 8.15. The zero-order valence-electron chi connectivity index (χ0n) is 13.9. The van der Waals surface area contributed by atoms with Crippen LogP contribution >= 0.6 is 0 Å². The van der Waals surface area contributed by atoms with Gasteiger partial charge in [-0.2, -0.15) is 0 Å². The molecule has 1 fully saturated rings. The van der Waals surface area contributed by atoms with Crippen LogP contribution in [-0.4, -0.2) is 42.2 Å². The molecule has 0 spiro atoms. The Morgan fingerprint density at radius 2 is 2.00 bits per heavy atom. The monoisotopic (exact) mass is 304 g/mol. The minimum atomic E-state index is -0.219. The minimum absolute atomic E-state index is 0.00267. The Morgan fingerprint density at radius 3 is 2.59 bits per heavy atom. The lowest BCUT2D eigenvalue weighted by atomic mass is 9.86. The predicted molar refractivity (Wildman–Crippen MR) is 89.9 cm³/mol. The van der Waals surface area contributed by atoms with Crippen molar-refractivity contribution in [1.82, 2.24) is 4.90 Å². The normalized spacial score (nSPS) is 18.4. The van der Waals surface area contributed by atoms with E-state index < -0.39 is 0 Å². The molecule has 0 saturated heterocycles.